The number of amides is 1. The monoisotopic (exact) mass is 288 g/mol. The molecule has 0 bridgehead atoms. The zero-order valence-electron chi connectivity index (χ0n) is 12.6. The van der Waals surface area contributed by atoms with Crippen LogP contribution in [0.1, 0.15) is 52.9 Å². The Labute approximate surface area is 119 Å². The van der Waals surface area contributed by atoms with Gasteiger partial charge in [0.15, 0.2) is 0 Å². The third kappa shape index (κ3) is 4.56. The van der Waals surface area contributed by atoms with Crippen molar-refractivity contribution in [2.45, 2.75) is 71.1 Å². The summed E-state index contributed by atoms with van der Waals surface area (Å²) < 4.78 is 11.4. The van der Waals surface area contributed by atoms with E-state index in [0.29, 0.717) is 5.75 Å². The van der Waals surface area contributed by atoms with Crippen LogP contribution in [0.4, 0.5) is 0 Å². The van der Waals surface area contributed by atoms with Crippen LogP contribution in [0.5, 0.6) is 0 Å². The van der Waals surface area contributed by atoms with E-state index in [1.54, 1.807) is 6.26 Å². The molecule has 1 fully saturated rings. The van der Waals surface area contributed by atoms with Gasteiger partial charge in [-0.25, -0.2) is 0 Å². The van der Waals surface area contributed by atoms with Gasteiger partial charge in [-0.05, 0) is 19.8 Å². The topological polar surface area (TPSA) is 49.4 Å². The zero-order valence-corrected chi connectivity index (χ0v) is 13.5. The van der Waals surface area contributed by atoms with Gasteiger partial charge in [0.25, 0.3) is 0 Å². The molecule has 1 rings (SSSR count). The molecule has 0 aromatic rings. The minimum atomic E-state index is -0.864. The first-order valence-corrected chi connectivity index (χ1v) is 9.12. The Kier molecular flexibility index (Phi) is 7.00. The number of hydrogen-bond acceptors (Lipinski definition) is 3. The van der Waals surface area contributed by atoms with Gasteiger partial charge in [0.05, 0.1) is 12.2 Å². The number of carbonyl (C=O) groups excluding carboxylic acids is 1. The molecule has 19 heavy (non-hydrogen) atoms. The summed E-state index contributed by atoms with van der Waals surface area (Å²) in [5.41, 5.74) is 0. The zero-order chi connectivity index (χ0) is 14.4. The second kappa shape index (κ2) is 8.00. The van der Waals surface area contributed by atoms with Gasteiger partial charge in [0.1, 0.15) is 0 Å². The van der Waals surface area contributed by atoms with Crippen molar-refractivity contribution in [3.8, 4) is 0 Å². The first-order valence-electron chi connectivity index (χ1n) is 7.39. The molecular formula is C14H28N2O2S. The maximum Gasteiger partial charge on any atom is 0.241 e. The third-order valence-electron chi connectivity index (χ3n) is 3.64. The van der Waals surface area contributed by atoms with Crippen LogP contribution in [0.2, 0.25) is 0 Å². The van der Waals surface area contributed by atoms with Crippen LogP contribution in [0.3, 0.4) is 0 Å². The molecule has 0 radical (unpaired) electrons. The Hall–Kier alpha value is -0.420. The van der Waals surface area contributed by atoms with Crippen LogP contribution >= 0.6 is 0 Å². The maximum absolute atomic E-state index is 12.5. The van der Waals surface area contributed by atoms with E-state index in [0.717, 1.165) is 32.1 Å². The van der Waals surface area contributed by atoms with Gasteiger partial charge in [-0.15, -0.1) is 0 Å². The van der Waals surface area contributed by atoms with Crippen LogP contribution in [0, 0.1) is 0 Å². The Morgan fingerprint density at radius 2 is 2.00 bits per heavy atom. The molecule has 0 spiro atoms. The summed E-state index contributed by atoms with van der Waals surface area (Å²) in [7, 11) is -0.864. The molecule has 5 heteroatoms. The fourth-order valence-electron chi connectivity index (χ4n) is 2.77. The Morgan fingerprint density at radius 1 is 1.32 bits per heavy atom. The quantitative estimate of drug-likeness (QED) is 0.742. The molecule has 1 amide bonds. The largest absolute Gasteiger partial charge is 0.322 e. The fourth-order valence-corrected chi connectivity index (χ4v) is 3.61. The lowest BCUT2D eigenvalue weighted by molar-refractivity contribution is -0.131. The van der Waals surface area contributed by atoms with Crippen molar-refractivity contribution in [1.29, 1.82) is 0 Å². The maximum atomic E-state index is 12.5. The molecule has 112 valence electrons. The van der Waals surface area contributed by atoms with Crippen LogP contribution in [-0.2, 0) is 15.6 Å². The summed E-state index contributed by atoms with van der Waals surface area (Å²) in [6, 6.07) is 0.0123. The van der Waals surface area contributed by atoms with Gasteiger partial charge in [-0.3, -0.25) is 14.3 Å². The Balaban J connectivity index is 2.73. The molecule has 0 aromatic carbocycles. The highest BCUT2D eigenvalue weighted by Gasteiger charge is 2.40. The Bertz CT molecular complexity index is 323. The standard InChI is InChI=1S/C14H28N2O2S/c1-5-7-9-12-14(17)16(11(3)10-19(4)18)13(15-12)8-6-2/h11-13,15H,5-10H2,1-4H3. The van der Waals surface area contributed by atoms with E-state index < -0.39 is 10.8 Å². The Morgan fingerprint density at radius 3 is 2.53 bits per heavy atom. The van der Waals surface area contributed by atoms with Crippen LogP contribution < -0.4 is 5.32 Å². The minimum Gasteiger partial charge on any atom is -0.322 e. The lowest BCUT2D eigenvalue weighted by Crippen LogP contribution is -2.45. The second-order valence-electron chi connectivity index (χ2n) is 5.50. The SMILES string of the molecule is CCCCC1NC(CCC)N(C(C)CS(C)=O)C1=O. The highest BCUT2D eigenvalue weighted by atomic mass is 32.2. The molecule has 0 saturated carbocycles. The predicted molar refractivity (Wildman–Crippen MR) is 80.4 cm³/mol. The van der Waals surface area contributed by atoms with Crippen LogP contribution in [-0.4, -0.2) is 45.3 Å². The lowest BCUT2D eigenvalue weighted by atomic mass is 10.1. The number of nitrogens with zero attached hydrogens (tertiary/aromatic N) is 1. The molecule has 0 aliphatic carbocycles. The van der Waals surface area contributed by atoms with E-state index in [1.807, 2.05) is 11.8 Å². The predicted octanol–water partition coefficient (Wildman–Crippen LogP) is 1.87. The summed E-state index contributed by atoms with van der Waals surface area (Å²) in [6.07, 6.45) is 6.93. The van der Waals surface area contributed by atoms with Crippen molar-refractivity contribution in [1.82, 2.24) is 10.2 Å². The molecule has 1 aliphatic heterocycles. The van der Waals surface area contributed by atoms with Crippen molar-refractivity contribution in [3.63, 3.8) is 0 Å². The second-order valence-corrected chi connectivity index (χ2v) is 6.98. The molecule has 1 aliphatic rings. The van der Waals surface area contributed by atoms with E-state index in [4.69, 9.17) is 0 Å². The van der Waals surface area contributed by atoms with E-state index in [-0.39, 0.29) is 24.2 Å². The van der Waals surface area contributed by atoms with Gasteiger partial charge in [-0.1, -0.05) is 33.1 Å². The summed E-state index contributed by atoms with van der Waals surface area (Å²) in [4.78, 5) is 14.4. The van der Waals surface area contributed by atoms with Gasteiger partial charge in [0.2, 0.25) is 5.91 Å². The minimum absolute atomic E-state index is 0.0377. The number of hydrogen-bond donors (Lipinski definition) is 1. The summed E-state index contributed by atoms with van der Waals surface area (Å²) >= 11 is 0. The van der Waals surface area contributed by atoms with Crippen molar-refractivity contribution in [3.05, 3.63) is 0 Å². The normalized spacial score (nSPS) is 26.7. The van der Waals surface area contributed by atoms with E-state index in [1.165, 1.54) is 0 Å². The lowest BCUT2D eigenvalue weighted by Gasteiger charge is -2.29. The van der Waals surface area contributed by atoms with Gasteiger partial charge in [-0.2, -0.15) is 0 Å². The van der Waals surface area contributed by atoms with Gasteiger partial charge < -0.3 is 4.90 Å². The van der Waals surface area contributed by atoms with Crippen molar-refractivity contribution in [2.24, 2.45) is 0 Å². The third-order valence-corrected chi connectivity index (χ3v) is 4.59. The average molecular weight is 288 g/mol. The van der Waals surface area contributed by atoms with Crippen LogP contribution in [0.15, 0.2) is 0 Å². The molecule has 4 nitrogen and oxygen atoms in total. The summed E-state index contributed by atoms with van der Waals surface area (Å²) in [5.74, 6) is 0.763. The summed E-state index contributed by atoms with van der Waals surface area (Å²) in [6.45, 7) is 6.28. The molecule has 4 unspecified atom stereocenters. The van der Waals surface area contributed by atoms with E-state index >= 15 is 0 Å². The molecule has 4 atom stereocenters. The molecule has 0 aromatic heterocycles. The molecular weight excluding hydrogens is 260 g/mol. The fraction of sp³-hybridized carbons (Fsp3) is 0.929. The van der Waals surface area contributed by atoms with E-state index in [2.05, 4.69) is 19.2 Å². The number of unbranched alkanes of at least 4 members (excludes halogenated alkanes) is 1. The molecule has 1 saturated heterocycles. The van der Waals surface area contributed by atoms with Crippen molar-refractivity contribution < 1.29 is 9.00 Å². The highest BCUT2D eigenvalue weighted by molar-refractivity contribution is 7.84. The van der Waals surface area contributed by atoms with Gasteiger partial charge in [0, 0.05) is 28.9 Å². The van der Waals surface area contributed by atoms with E-state index in [9.17, 15) is 9.00 Å². The van der Waals surface area contributed by atoms with Gasteiger partial charge >= 0.3 is 0 Å². The van der Waals surface area contributed by atoms with Crippen molar-refractivity contribution in [2.75, 3.05) is 12.0 Å². The number of rotatable bonds is 8. The van der Waals surface area contributed by atoms with Crippen LogP contribution in [0.25, 0.3) is 0 Å². The number of carbonyl (C=O) groups is 1. The molecule has 1 heterocycles. The number of nitrogens with one attached hydrogen (secondary N) is 1. The smallest absolute Gasteiger partial charge is 0.241 e. The highest BCUT2D eigenvalue weighted by Crippen LogP contribution is 2.21. The van der Waals surface area contributed by atoms with Crippen molar-refractivity contribution >= 4 is 16.7 Å². The first kappa shape index (κ1) is 16.6. The summed E-state index contributed by atoms with van der Waals surface area (Å²) in [5, 5.41) is 3.46. The average Bonchev–Trinajstić information content (AvgIpc) is 2.63. The first-order chi connectivity index (χ1) is 9.01. The molecule has 1 N–H and O–H groups in total.